The van der Waals surface area contributed by atoms with Crippen LogP contribution in [0.4, 0.5) is 4.79 Å². The van der Waals surface area contributed by atoms with E-state index in [1.165, 1.54) is 7.05 Å². The topological polar surface area (TPSA) is 50.7 Å². The van der Waals surface area contributed by atoms with Crippen molar-refractivity contribution >= 4 is 11.8 Å². The molecule has 0 radical (unpaired) electrons. The molecule has 0 aliphatic carbocycles. The molecule has 86 valence electrons. The molecule has 15 heavy (non-hydrogen) atoms. The summed E-state index contributed by atoms with van der Waals surface area (Å²) in [6, 6.07) is 0. The van der Waals surface area contributed by atoms with E-state index in [0.29, 0.717) is 0 Å². The zero-order chi connectivity index (χ0) is 11.9. The summed E-state index contributed by atoms with van der Waals surface area (Å²) in [6.07, 6.45) is 2.86. The average molecular weight is 212 g/mol. The zero-order valence-corrected chi connectivity index (χ0v) is 9.96. The largest absolute Gasteiger partial charge is 0.433 e. The fourth-order valence-corrected chi connectivity index (χ4v) is 0.939. The van der Waals surface area contributed by atoms with Crippen molar-refractivity contribution in [1.29, 1.82) is 0 Å². The summed E-state index contributed by atoms with van der Waals surface area (Å²) in [4.78, 5) is 15.5. The molecular formula is C11H20N2O2. The van der Waals surface area contributed by atoms with E-state index in [1.807, 2.05) is 26.8 Å². The highest BCUT2D eigenvalue weighted by atomic mass is 16.7. The Hall–Kier alpha value is -1.32. The lowest BCUT2D eigenvalue weighted by molar-refractivity contribution is 0.151. The summed E-state index contributed by atoms with van der Waals surface area (Å²) in [5.41, 5.74) is 0.753. The predicted molar refractivity (Wildman–Crippen MR) is 61.9 cm³/mol. The van der Waals surface area contributed by atoms with Crippen molar-refractivity contribution in [2.24, 2.45) is 10.6 Å². The third-order valence-corrected chi connectivity index (χ3v) is 1.89. The first-order chi connectivity index (χ1) is 6.91. The predicted octanol–water partition coefficient (Wildman–Crippen LogP) is 2.71. The summed E-state index contributed by atoms with van der Waals surface area (Å²) < 4.78 is 0. The SMILES string of the molecule is C=CCC/C(=N/OC(=O)NC)C(C)(C)C. The fraction of sp³-hybridized carbons (Fsp3) is 0.636. The van der Waals surface area contributed by atoms with Crippen LogP contribution in [-0.4, -0.2) is 18.9 Å². The van der Waals surface area contributed by atoms with Crippen LogP contribution in [0, 0.1) is 5.41 Å². The average Bonchev–Trinajstić information content (AvgIpc) is 2.15. The number of allylic oxidation sites excluding steroid dienone is 1. The summed E-state index contributed by atoms with van der Waals surface area (Å²) in [6.45, 7) is 9.74. The van der Waals surface area contributed by atoms with Crippen molar-refractivity contribution in [3.8, 4) is 0 Å². The number of oxime groups is 1. The number of carbonyl (C=O) groups is 1. The van der Waals surface area contributed by atoms with Crippen LogP contribution in [0.3, 0.4) is 0 Å². The van der Waals surface area contributed by atoms with Crippen LogP contribution in [0.1, 0.15) is 33.6 Å². The van der Waals surface area contributed by atoms with Gasteiger partial charge < -0.3 is 5.32 Å². The van der Waals surface area contributed by atoms with E-state index in [4.69, 9.17) is 0 Å². The zero-order valence-electron chi connectivity index (χ0n) is 9.96. The second-order valence-electron chi connectivity index (χ2n) is 4.24. The van der Waals surface area contributed by atoms with Crippen molar-refractivity contribution in [3.05, 3.63) is 12.7 Å². The van der Waals surface area contributed by atoms with Gasteiger partial charge in [0.25, 0.3) is 0 Å². The quantitative estimate of drug-likeness (QED) is 0.337. The van der Waals surface area contributed by atoms with Gasteiger partial charge in [0.1, 0.15) is 0 Å². The molecule has 0 aromatic carbocycles. The summed E-state index contributed by atoms with van der Waals surface area (Å²) >= 11 is 0. The molecule has 0 aliphatic rings. The Morgan fingerprint density at radius 2 is 2.13 bits per heavy atom. The molecule has 1 amide bonds. The number of nitrogens with one attached hydrogen (secondary N) is 1. The first kappa shape index (κ1) is 13.7. The van der Waals surface area contributed by atoms with E-state index in [1.54, 1.807) is 0 Å². The Balaban J connectivity index is 4.48. The van der Waals surface area contributed by atoms with Gasteiger partial charge in [0.2, 0.25) is 0 Å². The monoisotopic (exact) mass is 212 g/mol. The van der Waals surface area contributed by atoms with E-state index in [9.17, 15) is 4.79 Å². The van der Waals surface area contributed by atoms with Crippen LogP contribution < -0.4 is 5.32 Å². The Morgan fingerprint density at radius 3 is 2.53 bits per heavy atom. The molecule has 0 unspecified atom stereocenters. The highest BCUT2D eigenvalue weighted by molar-refractivity contribution is 5.89. The van der Waals surface area contributed by atoms with E-state index >= 15 is 0 Å². The van der Waals surface area contributed by atoms with Gasteiger partial charge in [-0.3, -0.25) is 4.84 Å². The standard InChI is InChI=1S/C11H20N2O2/c1-6-7-8-9(11(2,3)4)13-15-10(14)12-5/h6H,1,7-8H2,2-5H3,(H,12,14)/b13-9-. The van der Waals surface area contributed by atoms with Crippen LogP contribution in [-0.2, 0) is 4.84 Å². The maximum Gasteiger partial charge on any atom is 0.433 e. The van der Waals surface area contributed by atoms with E-state index in [-0.39, 0.29) is 5.41 Å². The molecule has 0 aliphatic heterocycles. The lowest BCUT2D eigenvalue weighted by atomic mass is 9.87. The molecule has 0 fully saturated rings. The number of hydrogen-bond donors (Lipinski definition) is 1. The lowest BCUT2D eigenvalue weighted by Crippen LogP contribution is -2.23. The van der Waals surface area contributed by atoms with Gasteiger partial charge in [0, 0.05) is 12.5 Å². The maximum absolute atomic E-state index is 10.9. The van der Waals surface area contributed by atoms with Gasteiger partial charge in [-0.15, -0.1) is 6.58 Å². The number of rotatable bonds is 4. The van der Waals surface area contributed by atoms with Gasteiger partial charge in [0.05, 0.1) is 5.71 Å². The Labute approximate surface area is 91.4 Å². The van der Waals surface area contributed by atoms with E-state index < -0.39 is 6.09 Å². The van der Waals surface area contributed by atoms with Gasteiger partial charge >= 0.3 is 6.09 Å². The van der Waals surface area contributed by atoms with Gasteiger partial charge in [-0.05, 0) is 12.8 Å². The van der Waals surface area contributed by atoms with Gasteiger partial charge in [-0.2, -0.15) is 0 Å². The highest BCUT2D eigenvalue weighted by Crippen LogP contribution is 2.20. The maximum atomic E-state index is 10.9. The minimum atomic E-state index is -0.546. The van der Waals surface area contributed by atoms with Crippen LogP contribution in [0.5, 0.6) is 0 Å². The van der Waals surface area contributed by atoms with E-state index in [0.717, 1.165) is 18.6 Å². The van der Waals surface area contributed by atoms with Crippen LogP contribution >= 0.6 is 0 Å². The Morgan fingerprint density at radius 1 is 1.53 bits per heavy atom. The van der Waals surface area contributed by atoms with Crippen LogP contribution in [0.2, 0.25) is 0 Å². The summed E-state index contributed by atoms with van der Waals surface area (Å²) in [5, 5.41) is 6.20. The number of amides is 1. The number of carbonyl (C=O) groups excluding carboxylic acids is 1. The van der Waals surface area contributed by atoms with Gasteiger partial charge in [0.15, 0.2) is 0 Å². The molecule has 1 N–H and O–H groups in total. The number of nitrogens with zero attached hydrogens (tertiary/aromatic N) is 1. The fourth-order valence-electron chi connectivity index (χ4n) is 0.939. The molecule has 0 saturated heterocycles. The first-order valence-electron chi connectivity index (χ1n) is 4.98. The molecule has 0 saturated carbocycles. The van der Waals surface area contributed by atoms with Crippen LogP contribution in [0.15, 0.2) is 17.8 Å². The molecule has 0 aromatic rings. The van der Waals surface area contributed by atoms with Gasteiger partial charge in [-0.25, -0.2) is 4.79 Å². The second-order valence-corrected chi connectivity index (χ2v) is 4.24. The molecule has 4 heteroatoms. The molecule has 0 heterocycles. The Kier molecular flexibility index (Phi) is 5.67. The van der Waals surface area contributed by atoms with Crippen molar-refractivity contribution < 1.29 is 9.63 Å². The molecule has 0 aromatic heterocycles. The van der Waals surface area contributed by atoms with Crippen molar-refractivity contribution in [2.45, 2.75) is 33.6 Å². The highest BCUT2D eigenvalue weighted by Gasteiger charge is 2.19. The lowest BCUT2D eigenvalue weighted by Gasteiger charge is -2.19. The molecule has 0 atom stereocenters. The molecule has 0 rings (SSSR count). The summed E-state index contributed by atoms with van der Waals surface area (Å²) in [7, 11) is 1.50. The second kappa shape index (κ2) is 6.22. The summed E-state index contributed by atoms with van der Waals surface area (Å²) in [5.74, 6) is 0. The van der Waals surface area contributed by atoms with E-state index in [2.05, 4.69) is 21.9 Å². The minimum absolute atomic E-state index is 0.100. The molecule has 0 bridgehead atoms. The Bertz CT molecular complexity index is 252. The third kappa shape index (κ3) is 5.88. The molecule has 0 spiro atoms. The molecular weight excluding hydrogens is 192 g/mol. The third-order valence-electron chi connectivity index (χ3n) is 1.89. The van der Waals surface area contributed by atoms with Crippen molar-refractivity contribution in [2.75, 3.05) is 7.05 Å². The van der Waals surface area contributed by atoms with Crippen molar-refractivity contribution in [1.82, 2.24) is 5.32 Å². The van der Waals surface area contributed by atoms with Gasteiger partial charge in [-0.1, -0.05) is 32.0 Å². The first-order valence-corrected chi connectivity index (χ1v) is 4.98. The minimum Gasteiger partial charge on any atom is -0.323 e. The van der Waals surface area contributed by atoms with Crippen LogP contribution in [0.25, 0.3) is 0 Å². The normalized spacial score (nSPS) is 12.1. The number of hydrogen-bond acceptors (Lipinski definition) is 3. The van der Waals surface area contributed by atoms with Crippen molar-refractivity contribution in [3.63, 3.8) is 0 Å². The smallest absolute Gasteiger partial charge is 0.323 e. The molecule has 4 nitrogen and oxygen atoms in total.